The number of pyridine rings is 1. The largest absolute Gasteiger partial charge is 0.378 e. The van der Waals surface area contributed by atoms with Crippen LogP contribution in [-0.4, -0.2) is 41.9 Å². The highest BCUT2D eigenvalue weighted by molar-refractivity contribution is 6.07. The minimum absolute atomic E-state index is 0.0885. The first kappa shape index (κ1) is 14.8. The molecule has 3 heterocycles. The molecule has 0 N–H and O–H groups in total. The molecule has 0 spiro atoms. The van der Waals surface area contributed by atoms with Gasteiger partial charge in [0.15, 0.2) is 5.82 Å². The van der Waals surface area contributed by atoms with Gasteiger partial charge in [-0.3, -0.25) is 10.1 Å². The van der Waals surface area contributed by atoms with Crippen molar-refractivity contribution in [3.63, 3.8) is 0 Å². The minimum Gasteiger partial charge on any atom is -0.378 e. The molecule has 0 radical (unpaired) electrons. The summed E-state index contributed by atoms with van der Waals surface area (Å²) in [5.41, 5.74) is 3.96. The number of nitro groups is 1. The van der Waals surface area contributed by atoms with Crippen molar-refractivity contribution in [1.82, 2.24) is 4.98 Å². The molecular weight excluding hydrogens is 308 g/mol. The van der Waals surface area contributed by atoms with Gasteiger partial charge in [-0.25, -0.2) is 9.98 Å². The highest BCUT2D eigenvalue weighted by Gasteiger charge is 2.24. The molecule has 7 heteroatoms. The highest BCUT2D eigenvalue weighted by atomic mass is 16.6. The molecule has 1 fully saturated rings. The Labute approximate surface area is 138 Å². The fourth-order valence-corrected chi connectivity index (χ4v) is 3.05. The van der Waals surface area contributed by atoms with Gasteiger partial charge >= 0.3 is 0 Å². The van der Waals surface area contributed by atoms with Crippen LogP contribution in [-0.2, 0) is 11.2 Å². The third kappa shape index (κ3) is 2.63. The molecule has 0 bridgehead atoms. The lowest BCUT2D eigenvalue weighted by Crippen LogP contribution is -2.36. The lowest BCUT2D eigenvalue weighted by molar-refractivity contribution is -0.384. The van der Waals surface area contributed by atoms with Gasteiger partial charge in [0.1, 0.15) is 5.69 Å². The molecule has 4 rings (SSSR count). The minimum atomic E-state index is -0.393. The third-order valence-corrected chi connectivity index (χ3v) is 4.32. The van der Waals surface area contributed by atoms with E-state index in [1.54, 1.807) is 12.1 Å². The Morgan fingerprint density at radius 3 is 2.58 bits per heavy atom. The second-order valence-corrected chi connectivity index (χ2v) is 5.78. The molecule has 0 unspecified atom stereocenters. The van der Waals surface area contributed by atoms with Crippen molar-refractivity contribution in [3.05, 3.63) is 57.8 Å². The van der Waals surface area contributed by atoms with Gasteiger partial charge in [-0.2, -0.15) is 0 Å². The van der Waals surface area contributed by atoms with E-state index < -0.39 is 4.92 Å². The molecule has 0 saturated carbocycles. The average molecular weight is 324 g/mol. The predicted molar refractivity (Wildman–Crippen MR) is 90.3 cm³/mol. The van der Waals surface area contributed by atoms with E-state index in [1.807, 2.05) is 12.3 Å². The van der Waals surface area contributed by atoms with Crippen LogP contribution in [0, 0.1) is 10.1 Å². The number of non-ortho nitro benzene ring substituents is 1. The number of fused-ring (bicyclic) bond motifs is 1. The average Bonchev–Trinajstić information content (AvgIpc) is 3.06. The van der Waals surface area contributed by atoms with Gasteiger partial charge in [0.05, 0.1) is 23.8 Å². The van der Waals surface area contributed by atoms with E-state index >= 15 is 0 Å². The van der Waals surface area contributed by atoms with Crippen LogP contribution in [0.15, 0.2) is 41.5 Å². The fraction of sp³-hybridized carbons (Fsp3) is 0.294. The number of rotatable bonds is 3. The van der Waals surface area contributed by atoms with Crippen molar-refractivity contribution in [3.8, 4) is 0 Å². The van der Waals surface area contributed by atoms with Crippen LogP contribution in [0.1, 0.15) is 11.1 Å². The molecule has 1 aromatic carbocycles. The first-order chi connectivity index (χ1) is 11.7. The summed E-state index contributed by atoms with van der Waals surface area (Å²) < 4.78 is 5.40. The third-order valence-electron chi connectivity index (χ3n) is 4.32. The van der Waals surface area contributed by atoms with Gasteiger partial charge in [-0.15, -0.1) is 0 Å². The number of aromatic nitrogens is 1. The van der Waals surface area contributed by atoms with E-state index in [4.69, 9.17) is 9.73 Å². The number of morpholine rings is 1. The fourth-order valence-electron chi connectivity index (χ4n) is 3.05. The van der Waals surface area contributed by atoms with E-state index in [9.17, 15) is 10.1 Å². The van der Waals surface area contributed by atoms with Crippen LogP contribution in [0.5, 0.6) is 0 Å². The molecule has 0 amide bonds. The number of hydrogen-bond acceptors (Lipinski definition) is 6. The van der Waals surface area contributed by atoms with Crippen molar-refractivity contribution >= 4 is 22.9 Å². The van der Waals surface area contributed by atoms with Crippen LogP contribution in [0.2, 0.25) is 0 Å². The smallest absolute Gasteiger partial charge is 0.269 e. The van der Waals surface area contributed by atoms with E-state index in [2.05, 4.69) is 9.88 Å². The van der Waals surface area contributed by atoms with Crippen LogP contribution in [0.3, 0.4) is 0 Å². The normalized spacial score (nSPS) is 16.7. The van der Waals surface area contributed by atoms with Crippen LogP contribution in [0.4, 0.5) is 17.2 Å². The summed E-state index contributed by atoms with van der Waals surface area (Å²) >= 11 is 0. The SMILES string of the molecule is O=[N+]([O-])c1ccc(C2=Nc3c(ccnc3N3CCOCC3)C2)cc1. The topological polar surface area (TPSA) is 80.9 Å². The Bertz CT molecular complexity index is 811. The van der Waals surface area contributed by atoms with Crippen LogP contribution >= 0.6 is 0 Å². The summed E-state index contributed by atoms with van der Waals surface area (Å²) in [6.07, 6.45) is 2.53. The van der Waals surface area contributed by atoms with Crippen molar-refractivity contribution < 1.29 is 9.66 Å². The number of aliphatic imine (C=N–C) groups is 1. The molecule has 1 saturated heterocycles. The zero-order chi connectivity index (χ0) is 16.5. The second kappa shape index (κ2) is 6.01. The molecule has 24 heavy (non-hydrogen) atoms. The van der Waals surface area contributed by atoms with Crippen molar-refractivity contribution in [2.45, 2.75) is 6.42 Å². The standard InChI is InChI=1S/C17H16N4O3/c22-21(23)14-3-1-12(2-4-14)15-11-13-5-6-18-17(16(13)19-15)20-7-9-24-10-8-20/h1-6H,7-11H2. The highest BCUT2D eigenvalue weighted by Crippen LogP contribution is 2.36. The summed E-state index contributed by atoms with van der Waals surface area (Å²) in [5.74, 6) is 0.896. The van der Waals surface area contributed by atoms with E-state index in [1.165, 1.54) is 12.1 Å². The Balaban J connectivity index is 1.66. The molecular formula is C17H16N4O3. The Morgan fingerprint density at radius 1 is 1.12 bits per heavy atom. The van der Waals surface area contributed by atoms with Gasteiger partial charge in [0.25, 0.3) is 5.69 Å². The number of nitro benzene ring substituents is 1. The molecule has 122 valence electrons. The lowest BCUT2D eigenvalue weighted by atomic mass is 10.0. The van der Waals surface area contributed by atoms with Gasteiger partial charge in [-0.1, -0.05) is 0 Å². The van der Waals surface area contributed by atoms with E-state index in [0.717, 1.165) is 41.4 Å². The van der Waals surface area contributed by atoms with Gasteiger partial charge in [-0.05, 0) is 29.3 Å². The summed E-state index contributed by atoms with van der Waals surface area (Å²) in [6, 6.07) is 8.53. The molecule has 2 aliphatic heterocycles. The van der Waals surface area contributed by atoms with Gasteiger partial charge in [0.2, 0.25) is 0 Å². The molecule has 0 aliphatic carbocycles. The number of anilines is 1. The van der Waals surface area contributed by atoms with Crippen molar-refractivity contribution in [2.75, 3.05) is 31.2 Å². The molecule has 2 aromatic rings. The van der Waals surface area contributed by atoms with Gasteiger partial charge in [0, 0.05) is 37.8 Å². The zero-order valence-electron chi connectivity index (χ0n) is 13.0. The maximum absolute atomic E-state index is 10.8. The van der Waals surface area contributed by atoms with Crippen LogP contribution < -0.4 is 4.90 Å². The van der Waals surface area contributed by atoms with E-state index in [0.29, 0.717) is 19.6 Å². The Morgan fingerprint density at radius 2 is 1.88 bits per heavy atom. The number of ether oxygens (including phenoxy) is 1. The predicted octanol–water partition coefficient (Wildman–Crippen LogP) is 2.50. The van der Waals surface area contributed by atoms with Crippen molar-refractivity contribution in [1.29, 1.82) is 0 Å². The lowest BCUT2D eigenvalue weighted by Gasteiger charge is -2.28. The molecule has 2 aliphatic rings. The first-order valence-electron chi connectivity index (χ1n) is 7.85. The quantitative estimate of drug-likeness (QED) is 0.640. The van der Waals surface area contributed by atoms with Crippen LogP contribution in [0.25, 0.3) is 0 Å². The van der Waals surface area contributed by atoms with Gasteiger partial charge < -0.3 is 9.64 Å². The number of nitrogens with zero attached hydrogens (tertiary/aromatic N) is 4. The summed E-state index contributed by atoms with van der Waals surface area (Å²) in [4.78, 5) is 21.9. The zero-order valence-corrected chi connectivity index (χ0v) is 13.0. The summed E-state index contributed by atoms with van der Waals surface area (Å²) in [5, 5.41) is 10.8. The summed E-state index contributed by atoms with van der Waals surface area (Å²) in [6.45, 7) is 3.02. The number of hydrogen-bond donors (Lipinski definition) is 0. The monoisotopic (exact) mass is 324 g/mol. The molecule has 1 aromatic heterocycles. The first-order valence-corrected chi connectivity index (χ1v) is 7.85. The molecule has 7 nitrogen and oxygen atoms in total. The summed E-state index contributed by atoms with van der Waals surface area (Å²) in [7, 11) is 0. The second-order valence-electron chi connectivity index (χ2n) is 5.78. The Kier molecular flexibility index (Phi) is 3.70. The number of benzene rings is 1. The van der Waals surface area contributed by atoms with E-state index in [-0.39, 0.29) is 5.69 Å². The maximum Gasteiger partial charge on any atom is 0.269 e. The Hall–Kier alpha value is -2.80. The van der Waals surface area contributed by atoms with Crippen molar-refractivity contribution in [2.24, 2.45) is 4.99 Å². The molecule has 0 atom stereocenters. The maximum atomic E-state index is 10.8.